The topological polar surface area (TPSA) is 64.4 Å². The average Bonchev–Trinajstić information content (AvgIpc) is 3.29. The summed E-state index contributed by atoms with van der Waals surface area (Å²) in [6.07, 6.45) is 1.66. The van der Waals surface area contributed by atoms with E-state index < -0.39 is 0 Å². The second-order valence-electron chi connectivity index (χ2n) is 6.81. The van der Waals surface area contributed by atoms with E-state index in [0.29, 0.717) is 41.0 Å². The fourth-order valence-corrected chi connectivity index (χ4v) is 3.40. The van der Waals surface area contributed by atoms with Gasteiger partial charge in [0.15, 0.2) is 5.76 Å². The predicted octanol–water partition coefficient (Wildman–Crippen LogP) is 5.99. The number of oxazole rings is 1. The number of amides is 1. The van der Waals surface area contributed by atoms with Gasteiger partial charge in [0.1, 0.15) is 5.75 Å². The maximum Gasteiger partial charge on any atom is 0.252 e. The van der Waals surface area contributed by atoms with Crippen molar-refractivity contribution in [2.24, 2.45) is 0 Å². The Bertz CT molecular complexity index is 1190. The Labute approximate surface area is 185 Å². The number of nitrogens with zero attached hydrogens (tertiary/aromatic N) is 1. The summed E-state index contributed by atoms with van der Waals surface area (Å²) >= 11 is 6.18. The third-order valence-corrected chi connectivity index (χ3v) is 5.12. The van der Waals surface area contributed by atoms with Gasteiger partial charge in [0, 0.05) is 22.7 Å². The van der Waals surface area contributed by atoms with Crippen molar-refractivity contribution >= 4 is 17.5 Å². The van der Waals surface area contributed by atoms with Crippen LogP contribution in [0.1, 0.15) is 22.8 Å². The highest BCUT2D eigenvalue weighted by Gasteiger charge is 2.17. The molecule has 1 N–H and O–H groups in total. The minimum atomic E-state index is -0.226. The monoisotopic (exact) mass is 432 g/mol. The van der Waals surface area contributed by atoms with Gasteiger partial charge in [0.05, 0.1) is 18.4 Å². The summed E-state index contributed by atoms with van der Waals surface area (Å²) in [5, 5.41) is 3.53. The number of nitrogens with one attached hydrogen (secondary N) is 1. The Morgan fingerprint density at radius 1 is 1.03 bits per heavy atom. The van der Waals surface area contributed by atoms with Gasteiger partial charge in [-0.3, -0.25) is 4.79 Å². The van der Waals surface area contributed by atoms with Crippen LogP contribution in [-0.2, 0) is 6.54 Å². The van der Waals surface area contributed by atoms with E-state index in [1.165, 1.54) is 0 Å². The van der Waals surface area contributed by atoms with Crippen molar-refractivity contribution in [3.8, 4) is 28.5 Å². The molecule has 0 saturated carbocycles. The first-order chi connectivity index (χ1) is 15.2. The minimum Gasteiger partial charge on any atom is -0.494 e. The molecule has 156 valence electrons. The highest BCUT2D eigenvalue weighted by atomic mass is 35.5. The molecule has 4 aromatic rings. The highest BCUT2D eigenvalue weighted by molar-refractivity contribution is 6.31. The van der Waals surface area contributed by atoms with Crippen molar-refractivity contribution in [2.75, 3.05) is 6.61 Å². The minimum absolute atomic E-state index is 0.226. The standard InChI is InChI=1S/C25H21ClN2O3/c1-2-30-19-13-11-17(12-14-19)23-16-28-25(31-23)21-9-5-4-8-20(21)24(29)27-15-18-7-3-6-10-22(18)26/h3-14,16H,2,15H2,1H3,(H,27,29). The SMILES string of the molecule is CCOc1ccc(-c2cnc(-c3ccccc3C(=O)NCc3ccccc3Cl)o2)cc1. The average molecular weight is 433 g/mol. The predicted molar refractivity (Wildman–Crippen MR) is 121 cm³/mol. The Morgan fingerprint density at radius 3 is 2.55 bits per heavy atom. The molecule has 0 radical (unpaired) electrons. The van der Waals surface area contributed by atoms with E-state index in [1.807, 2.05) is 67.6 Å². The zero-order valence-electron chi connectivity index (χ0n) is 17.0. The van der Waals surface area contributed by atoms with Crippen LogP contribution in [-0.4, -0.2) is 17.5 Å². The maximum atomic E-state index is 12.9. The smallest absolute Gasteiger partial charge is 0.252 e. The molecule has 0 aliphatic rings. The van der Waals surface area contributed by atoms with Gasteiger partial charge >= 0.3 is 0 Å². The van der Waals surface area contributed by atoms with Crippen molar-refractivity contribution in [1.82, 2.24) is 10.3 Å². The molecule has 31 heavy (non-hydrogen) atoms. The Morgan fingerprint density at radius 2 is 1.77 bits per heavy atom. The highest BCUT2D eigenvalue weighted by Crippen LogP contribution is 2.29. The number of carbonyl (C=O) groups excluding carboxylic acids is 1. The third kappa shape index (κ3) is 4.78. The lowest BCUT2D eigenvalue weighted by Crippen LogP contribution is -2.23. The molecule has 0 atom stereocenters. The zero-order chi connectivity index (χ0) is 21.6. The van der Waals surface area contributed by atoms with Gasteiger partial charge in [-0.15, -0.1) is 0 Å². The Hall–Kier alpha value is -3.57. The molecule has 0 fully saturated rings. The molecule has 0 aliphatic carbocycles. The van der Waals surface area contributed by atoms with E-state index in [0.717, 1.165) is 16.9 Å². The van der Waals surface area contributed by atoms with Crippen LogP contribution in [0.25, 0.3) is 22.8 Å². The summed E-state index contributed by atoms with van der Waals surface area (Å²) in [5.74, 6) is 1.57. The quantitative estimate of drug-likeness (QED) is 0.389. The first kappa shape index (κ1) is 20.7. The molecule has 0 bridgehead atoms. The lowest BCUT2D eigenvalue weighted by molar-refractivity contribution is 0.0951. The lowest BCUT2D eigenvalue weighted by Gasteiger charge is -2.09. The van der Waals surface area contributed by atoms with Gasteiger partial charge in [-0.2, -0.15) is 0 Å². The Kier molecular flexibility index (Phi) is 6.34. The summed E-state index contributed by atoms with van der Waals surface area (Å²) in [5.41, 5.74) is 2.83. The number of benzene rings is 3. The lowest BCUT2D eigenvalue weighted by atomic mass is 10.1. The first-order valence-corrected chi connectivity index (χ1v) is 10.3. The second kappa shape index (κ2) is 9.49. The van der Waals surface area contributed by atoms with Crippen molar-refractivity contribution < 1.29 is 13.9 Å². The third-order valence-electron chi connectivity index (χ3n) is 4.75. The number of carbonyl (C=O) groups is 1. The fourth-order valence-electron chi connectivity index (χ4n) is 3.19. The largest absolute Gasteiger partial charge is 0.494 e. The second-order valence-corrected chi connectivity index (χ2v) is 7.21. The Balaban J connectivity index is 1.54. The number of halogens is 1. The number of hydrogen-bond donors (Lipinski definition) is 1. The van der Waals surface area contributed by atoms with Crippen LogP contribution in [0, 0.1) is 0 Å². The molecular formula is C25H21ClN2O3. The van der Waals surface area contributed by atoms with Crippen LogP contribution in [0.5, 0.6) is 5.75 Å². The number of rotatable bonds is 7. The molecule has 6 heteroatoms. The van der Waals surface area contributed by atoms with Gasteiger partial charge < -0.3 is 14.5 Å². The van der Waals surface area contributed by atoms with Gasteiger partial charge in [-0.1, -0.05) is 41.9 Å². The maximum absolute atomic E-state index is 12.9. The summed E-state index contributed by atoms with van der Waals surface area (Å²) < 4.78 is 11.5. The molecule has 0 spiro atoms. The normalized spacial score (nSPS) is 10.6. The molecule has 0 unspecified atom stereocenters. The first-order valence-electron chi connectivity index (χ1n) is 9.95. The van der Waals surface area contributed by atoms with E-state index in [4.69, 9.17) is 20.8 Å². The fraction of sp³-hybridized carbons (Fsp3) is 0.120. The zero-order valence-corrected chi connectivity index (χ0v) is 17.7. The molecule has 1 heterocycles. The van der Waals surface area contributed by atoms with Crippen molar-refractivity contribution in [3.05, 3.63) is 95.1 Å². The molecule has 4 rings (SSSR count). The van der Waals surface area contributed by atoms with E-state index in [2.05, 4.69) is 10.3 Å². The van der Waals surface area contributed by atoms with Crippen LogP contribution in [0.2, 0.25) is 5.02 Å². The molecule has 3 aromatic carbocycles. The van der Waals surface area contributed by atoms with Crippen LogP contribution in [0.4, 0.5) is 0 Å². The number of ether oxygens (including phenoxy) is 1. The van der Waals surface area contributed by atoms with Crippen LogP contribution in [0.3, 0.4) is 0 Å². The molecular weight excluding hydrogens is 412 g/mol. The molecule has 0 saturated heterocycles. The molecule has 5 nitrogen and oxygen atoms in total. The van der Waals surface area contributed by atoms with Gasteiger partial charge in [0.2, 0.25) is 5.89 Å². The number of aromatic nitrogens is 1. The van der Waals surface area contributed by atoms with Crippen LogP contribution >= 0.6 is 11.6 Å². The van der Waals surface area contributed by atoms with E-state index in [9.17, 15) is 4.79 Å². The van der Waals surface area contributed by atoms with Crippen LogP contribution < -0.4 is 10.1 Å². The van der Waals surface area contributed by atoms with E-state index >= 15 is 0 Å². The van der Waals surface area contributed by atoms with E-state index in [-0.39, 0.29) is 5.91 Å². The molecule has 1 aromatic heterocycles. The van der Waals surface area contributed by atoms with Gasteiger partial charge in [-0.25, -0.2) is 4.98 Å². The summed E-state index contributed by atoms with van der Waals surface area (Å²) in [7, 11) is 0. The summed E-state index contributed by atoms with van der Waals surface area (Å²) in [4.78, 5) is 17.3. The van der Waals surface area contributed by atoms with Gasteiger partial charge in [-0.05, 0) is 55.0 Å². The summed E-state index contributed by atoms with van der Waals surface area (Å²) in [6.45, 7) is 2.88. The van der Waals surface area contributed by atoms with Crippen molar-refractivity contribution in [3.63, 3.8) is 0 Å². The molecule has 0 aliphatic heterocycles. The van der Waals surface area contributed by atoms with Crippen LogP contribution in [0.15, 0.2) is 83.4 Å². The van der Waals surface area contributed by atoms with E-state index in [1.54, 1.807) is 18.3 Å². The van der Waals surface area contributed by atoms with Crippen molar-refractivity contribution in [2.45, 2.75) is 13.5 Å². The number of hydrogen-bond acceptors (Lipinski definition) is 4. The molecule has 1 amide bonds. The summed E-state index contributed by atoms with van der Waals surface area (Å²) in [6, 6.07) is 22.2. The van der Waals surface area contributed by atoms with Crippen molar-refractivity contribution in [1.29, 1.82) is 0 Å². The van der Waals surface area contributed by atoms with Gasteiger partial charge in [0.25, 0.3) is 5.91 Å².